The molecule has 0 bridgehead atoms. The number of rotatable bonds is 6. The Morgan fingerprint density at radius 2 is 1.93 bits per heavy atom. The summed E-state index contributed by atoms with van der Waals surface area (Å²) in [5.41, 5.74) is 2.56. The summed E-state index contributed by atoms with van der Waals surface area (Å²) >= 11 is 12.2. The van der Waals surface area contributed by atoms with Gasteiger partial charge in [0.25, 0.3) is 5.91 Å². The molecular formula is C20H24Cl2N4O. The van der Waals surface area contributed by atoms with E-state index in [0.717, 1.165) is 11.1 Å². The first-order chi connectivity index (χ1) is 12.9. The number of hydrogen-bond acceptors (Lipinski definition) is 2. The molecule has 0 aliphatic rings. The average molecular weight is 407 g/mol. The summed E-state index contributed by atoms with van der Waals surface area (Å²) in [6.45, 7) is 5.03. The molecular weight excluding hydrogens is 383 g/mol. The van der Waals surface area contributed by atoms with Crippen LogP contribution in [0.5, 0.6) is 0 Å². The Hall–Kier alpha value is -2.24. The second kappa shape index (κ2) is 10.2. The molecule has 0 saturated carbocycles. The number of carbonyl (C=O) groups excluding carboxylic acids is 1. The average Bonchev–Trinajstić information content (AvgIpc) is 2.65. The van der Waals surface area contributed by atoms with Crippen LogP contribution < -0.4 is 16.0 Å². The molecule has 0 saturated heterocycles. The van der Waals surface area contributed by atoms with Crippen molar-refractivity contribution >= 4 is 35.1 Å². The van der Waals surface area contributed by atoms with Gasteiger partial charge in [0.05, 0.1) is 6.04 Å². The first-order valence-corrected chi connectivity index (χ1v) is 9.49. The quantitative estimate of drug-likeness (QED) is 0.498. The van der Waals surface area contributed by atoms with Crippen molar-refractivity contribution in [2.24, 2.45) is 4.99 Å². The van der Waals surface area contributed by atoms with Crippen molar-refractivity contribution in [1.29, 1.82) is 0 Å². The normalized spacial score (nSPS) is 12.4. The van der Waals surface area contributed by atoms with Gasteiger partial charge in [-0.2, -0.15) is 0 Å². The monoisotopic (exact) mass is 406 g/mol. The summed E-state index contributed by atoms with van der Waals surface area (Å²) in [5.74, 6) is 0.560. The second-order valence-corrected chi connectivity index (χ2v) is 6.86. The Morgan fingerprint density at radius 1 is 1.15 bits per heavy atom. The maximum atomic E-state index is 12.0. The first kappa shape index (κ1) is 21.1. The molecule has 1 amide bonds. The highest BCUT2D eigenvalue weighted by molar-refractivity contribution is 6.35. The van der Waals surface area contributed by atoms with Crippen LogP contribution >= 0.6 is 23.2 Å². The zero-order valence-corrected chi connectivity index (χ0v) is 17.2. The Bertz CT molecular complexity index is 823. The molecule has 2 aromatic rings. The number of nitrogens with zero attached hydrogens (tertiary/aromatic N) is 1. The molecule has 1 atom stereocenters. The molecule has 0 aromatic heterocycles. The molecule has 0 aliphatic carbocycles. The minimum atomic E-state index is -0.0761. The van der Waals surface area contributed by atoms with Crippen molar-refractivity contribution in [3.8, 4) is 0 Å². The number of nitrogens with one attached hydrogen (secondary N) is 3. The van der Waals surface area contributed by atoms with Crippen molar-refractivity contribution in [1.82, 2.24) is 16.0 Å². The molecule has 0 heterocycles. The van der Waals surface area contributed by atoms with Gasteiger partial charge in [0.1, 0.15) is 0 Å². The SMILES string of the molecule is CCNC(=O)c1cccc(CNC(=NC)NC(C)c2ccc(Cl)cc2Cl)c1. The summed E-state index contributed by atoms with van der Waals surface area (Å²) in [4.78, 5) is 16.2. The smallest absolute Gasteiger partial charge is 0.251 e. The Kier molecular flexibility index (Phi) is 7.95. The lowest BCUT2D eigenvalue weighted by Gasteiger charge is -2.19. The molecule has 0 fully saturated rings. The van der Waals surface area contributed by atoms with Gasteiger partial charge >= 0.3 is 0 Å². The highest BCUT2D eigenvalue weighted by atomic mass is 35.5. The minimum absolute atomic E-state index is 0.0531. The number of benzene rings is 2. The molecule has 0 aliphatic heterocycles. The standard InChI is InChI=1S/C20H24Cl2N4O/c1-4-24-19(27)15-7-5-6-14(10-15)12-25-20(23-3)26-13(2)17-9-8-16(21)11-18(17)22/h5-11,13H,4,12H2,1-3H3,(H,24,27)(H2,23,25,26). The predicted molar refractivity (Wildman–Crippen MR) is 113 cm³/mol. The van der Waals surface area contributed by atoms with Crippen LogP contribution in [0.25, 0.3) is 0 Å². The molecule has 2 aromatic carbocycles. The third kappa shape index (κ3) is 6.15. The zero-order chi connectivity index (χ0) is 19.8. The van der Waals surface area contributed by atoms with Crippen molar-refractivity contribution < 1.29 is 4.79 Å². The van der Waals surface area contributed by atoms with Gasteiger partial charge in [-0.1, -0.05) is 41.4 Å². The van der Waals surface area contributed by atoms with E-state index < -0.39 is 0 Å². The molecule has 0 radical (unpaired) electrons. The first-order valence-electron chi connectivity index (χ1n) is 8.73. The molecule has 144 valence electrons. The lowest BCUT2D eigenvalue weighted by Crippen LogP contribution is -2.38. The predicted octanol–water partition coefficient (Wildman–Crippen LogP) is 4.17. The Morgan fingerprint density at radius 3 is 2.59 bits per heavy atom. The van der Waals surface area contributed by atoms with Crippen LogP contribution in [0.4, 0.5) is 0 Å². The molecule has 5 nitrogen and oxygen atoms in total. The molecule has 1 unspecified atom stereocenters. The lowest BCUT2D eigenvalue weighted by atomic mass is 10.1. The summed E-state index contributed by atoms with van der Waals surface area (Å²) in [6.07, 6.45) is 0. The highest BCUT2D eigenvalue weighted by Crippen LogP contribution is 2.25. The molecule has 7 heteroatoms. The molecule has 0 spiro atoms. The summed E-state index contributed by atoms with van der Waals surface area (Å²) in [6, 6.07) is 12.9. The lowest BCUT2D eigenvalue weighted by molar-refractivity contribution is 0.0955. The highest BCUT2D eigenvalue weighted by Gasteiger charge is 2.12. The van der Waals surface area contributed by atoms with Crippen molar-refractivity contribution in [2.45, 2.75) is 26.4 Å². The Labute approximate surface area is 170 Å². The van der Waals surface area contributed by atoms with Crippen LogP contribution in [0.3, 0.4) is 0 Å². The zero-order valence-electron chi connectivity index (χ0n) is 15.6. The largest absolute Gasteiger partial charge is 0.352 e. The Balaban J connectivity index is 1.99. The third-order valence-corrected chi connectivity index (χ3v) is 4.55. The van der Waals surface area contributed by atoms with Crippen LogP contribution in [0.1, 0.15) is 41.4 Å². The van der Waals surface area contributed by atoms with Gasteiger partial charge < -0.3 is 16.0 Å². The van der Waals surface area contributed by atoms with E-state index in [2.05, 4.69) is 20.9 Å². The van der Waals surface area contributed by atoms with Crippen LogP contribution in [0.15, 0.2) is 47.5 Å². The topological polar surface area (TPSA) is 65.5 Å². The van der Waals surface area contributed by atoms with Gasteiger partial charge in [-0.15, -0.1) is 0 Å². The number of carbonyl (C=O) groups is 1. The fourth-order valence-electron chi connectivity index (χ4n) is 2.60. The number of hydrogen-bond donors (Lipinski definition) is 3. The van der Waals surface area contributed by atoms with E-state index in [-0.39, 0.29) is 11.9 Å². The molecule has 3 N–H and O–H groups in total. The number of aliphatic imine (C=N–C) groups is 1. The number of amides is 1. The third-order valence-electron chi connectivity index (χ3n) is 3.99. The van der Waals surface area contributed by atoms with Gasteiger partial charge in [0, 0.05) is 35.7 Å². The van der Waals surface area contributed by atoms with Crippen LogP contribution in [-0.2, 0) is 6.54 Å². The maximum Gasteiger partial charge on any atom is 0.251 e. The van der Waals surface area contributed by atoms with E-state index in [0.29, 0.717) is 34.7 Å². The van der Waals surface area contributed by atoms with Gasteiger partial charge in [-0.3, -0.25) is 9.79 Å². The van der Waals surface area contributed by atoms with Crippen LogP contribution in [0, 0.1) is 0 Å². The van der Waals surface area contributed by atoms with E-state index in [9.17, 15) is 4.79 Å². The molecule has 27 heavy (non-hydrogen) atoms. The van der Waals surface area contributed by atoms with E-state index in [4.69, 9.17) is 23.2 Å². The fourth-order valence-corrected chi connectivity index (χ4v) is 3.17. The molecule has 2 rings (SSSR count). The second-order valence-electron chi connectivity index (χ2n) is 6.02. The summed E-state index contributed by atoms with van der Waals surface area (Å²) in [7, 11) is 1.70. The van der Waals surface area contributed by atoms with E-state index in [1.165, 1.54) is 0 Å². The number of halogens is 2. The van der Waals surface area contributed by atoms with E-state index in [1.54, 1.807) is 19.2 Å². The minimum Gasteiger partial charge on any atom is -0.352 e. The summed E-state index contributed by atoms with van der Waals surface area (Å²) < 4.78 is 0. The van der Waals surface area contributed by atoms with E-state index in [1.807, 2.05) is 44.2 Å². The van der Waals surface area contributed by atoms with Crippen LogP contribution in [-0.4, -0.2) is 25.5 Å². The number of guanidine groups is 1. The van der Waals surface area contributed by atoms with Gasteiger partial charge in [0.2, 0.25) is 0 Å². The van der Waals surface area contributed by atoms with Crippen molar-refractivity contribution in [3.05, 3.63) is 69.2 Å². The van der Waals surface area contributed by atoms with Crippen molar-refractivity contribution in [3.63, 3.8) is 0 Å². The van der Waals surface area contributed by atoms with Gasteiger partial charge in [-0.25, -0.2) is 0 Å². The summed E-state index contributed by atoms with van der Waals surface area (Å²) in [5, 5.41) is 10.6. The van der Waals surface area contributed by atoms with Gasteiger partial charge in [0.15, 0.2) is 5.96 Å². The van der Waals surface area contributed by atoms with Gasteiger partial charge in [-0.05, 0) is 49.2 Å². The maximum absolute atomic E-state index is 12.0. The van der Waals surface area contributed by atoms with E-state index >= 15 is 0 Å². The fraction of sp³-hybridized carbons (Fsp3) is 0.300. The van der Waals surface area contributed by atoms with Crippen molar-refractivity contribution in [2.75, 3.05) is 13.6 Å². The van der Waals surface area contributed by atoms with Crippen LogP contribution in [0.2, 0.25) is 10.0 Å².